The quantitative estimate of drug-likeness (QED) is 0.792. The lowest BCUT2D eigenvalue weighted by Crippen LogP contribution is -2.56. The first kappa shape index (κ1) is 12.4. The van der Waals surface area contributed by atoms with Gasteiger partial charge in [-0.2, -0.15) is 0 Å². The average Bonchev–Trinajstić information content (AvgIpc) is 2.68. The van der Waals surface area contributed by atoms with E-state index in [4.69, 9.17) is 0 Å². The molecule has 1 heterocycles. The molecule has 0 bridgehead atoms. The van der Waals surface area contributed by atoms with Crippen molar-refractivity contribution in [1.82, 2.24) is 10.2 Å². The first-order chi connectivity index (χ1) is 7.70. The van der Waals surface area contributed by atoms with Gasteiger partial charge >= 0.3 is 0 Å². The third-order valence-corrected chi connectivity index (χ3v) is 4.78. The number of piperazine rings is 1. The van der Waals surface area contributed by atoms with Gasteiger partial charge in [-0.15, -0.1) is 0 Å². The van der Waals surface area contributed by atoms with Crippen LogP contribution in [0.15, 0.2) is 0 Å². The molecule has 2 heteroatoms. The van der Waals surface area contributed by atoms with Crippen LogP contribution in [0.25, 0.3) is 0 Å². The molecule has 0 radical (unpaired) electrons. The smallest absolute Gasteiger partial charge is 0.0193 e. The fourth-order valence-corrected chi connectivity index (χ4v) is 3.32. The summed E-state index contributed by atoms with van der Waals surface area (Å²) in [6.07, 6.45) is 5.66. The zero-order valence-electron chi connectivity index (χ0n) is 11.2. The van der Waals surface area contributed by atoms with E-state index < -0.39 is 0 Å². The van der Waals surface area contributed by atoms with Gasteiger partial charge in [-0.1, -0.05) is 26.7 Å². The highest BCUT2D eigenvalue weighted by Crippen LogP contribution is 2.32. The standard InChI is InChI=1S/C14H28N2/c1-4-14-10-16(12(3)8-15-14)9-13-7-5-6-11(13)2/h11-15H,4-10H2,1-3H3. The van der Waals surface area contributed by atoms with E-state index in [1.54, 1.807) is 0 Å². The summed E-state index contributed by atoms with van der Waals surface area (Å²) in [6.45, 7) is 10.9. The van der Waals surface area contributed by atoms with E-state index in [1.165, 1.54) is 45.3 Å². The van der Waals surface area contributed by atoms with Crippen LogP contribution in [0, 0.1) is 11.8 Å². The highest BCUT2D eigenvalue weighted by molar-refractivity contribution is 4.86. The molecule has 1 aliphatic carbocycles. The van der Waals surface area contributed by atoms with Crippen molar-refractivity contribution in [1.29, 1.82) is 0 Å². The molecule has 0 spiro atoms. The summed E-state index contributed by atoms with van der Waals surface area (Å²) in [5.41, 5.74) is 0. The molecule has 2 rings (SSSR count). The molecule has 4 atom stereocenters. The van der Waals surface area contributed by atoms with Gasteiger partial charge in [0.2, 0.25) is 0 Å². The van der Waals surface area contributed by atoms with Crippen molar-refractivity contribution >= 4 is 0 Å². The van der Waals surface area contributed by atoms with Crippen molar-refractivity contribution < 1.29 is 0 Å². The van der Waals surface area contributed by atoms with Gasteiger partial charge in [0.25, 0.3) is 0 Å². The number of rotatable bonds is 3. The van der Waals surface area contributed by atoms with E-state index in [0.29, 0.717) is 0 Å². The maximum atomic E-state index is 3.64. The largest absolute Gasteiger partial charge is 0.311 e. The molecule has 0 amide bonds. The Labute approximate surface area is 101 Å². The Bertz CT molecular complexity index is 217. The van der Waals surface area contributed by atoms with Gasteiger partial charge in [-0.3, -0.25) is 4.90 Å². The van der Waals surface area contributed by atoms with Crippen LogP contribution in [0.3, 0.4) is 0 Å². The van der Waals surface area contributed by atoms with E-state index >= 15 is 0 Å². The molecular formula is C14H28N2. The van der Waals surface area contributed by atoms with Crippen LogP contribution >= 0.6 is 0 Å². The molecule has 0 aromatic carbocycles. The molecule has 4 unspecified atom stereocenters. The van der Waals surface area contributed by atoms with E-state index in [9.17, 15) is 0 Å². The molecule has 1 aliphatic heterocycles. The van der Waals surface area contributed by atoms with Gasteiger partial charge in [-0.25, -0.2) is 0 Å². The third-order valence-electron chi connectivity index (χ3n) is 4.78. The first-order valence-corrected chi connectivity index (χ1v) is 7.18. The van der Waals surface area contributed by atoms with Crippen LogP contribution in [-0.4, -0.2) is 36.6 Å². The van der Waals surface area contributed by atoms with Crippen LogP contribution in [-0.2, 0) is 0 Å². The second-order valence-corrected chi connectivity index (χ2v) is 5.98. The minimum absolute atomic E-state index is 0.730. The fraction of sp³-hybridized carbons (Fsp3) is 1.00. The Kier molecular flexibility index (Phi) is 4.26. The molecule has 0 aromatic rings. The Morgan fingerprint density at radius 1 is 1.25 bits per heavy atom. The molecule has 2 nitrogen and oxygen atoms in total. The molecule has 2 aliphatic rings. The number of hydrogen-bond acceptors (Lipinski definition) is 2. The average molecular weight is 224 g/mol. The van der Waals surface area contributed by atoms with Crippen molar-refractivity contribution in [2.24, 2.45) is 11.8 Å². The van der Waals surface area contributed by atoms with Crippen LogP contribution in [0.4, 0.5) is 0 Å². The van der Waals surface area contributed by atoms with E-state index in [2.05, 4.69) is 31.0 Å². The molecule has 0 aromatic heterocycles. The molecular weight excluding hydrogens is 196 g/mol. The van der Waals surface area contributed by atoms with Gasteiger partial charge in [0.1, 0.15) is 0 Å². The Balaban J connectivity index is 1.86. The second kappa shape index (κ2) is 5.50. The summed E-state index contributed by atoms with van der Waals surface area (Å²) in [5.74, 6) is 1.93. The van der Waals surface area contributed by atoms with Crippen molar-refractivity contribution in [3.8, 4) is 0 Å². The minimum atomic E-state index is 0.730. The fourth-order valence-electron chi connectivity index (χ4n) is 3.32. The van der Waals surface area contributed by atoms with Gasteiger partial charge in [-0.05, 0) is 31.6 Å². The Hall–Kier alpha value is -0.0800. The maximum absolute atomic E-state index is 3.64. The number of hydrogen-bond donors (Lipinski definition) is 1. The predicted molar refractivity (Wildman–Crippen MR) is 69.6 cm³/mol. The molecule has 94 valence electrons. The third kappa shape index (κ3) is 2.78. The number of nitrogens with zero attached hydrogens (tertiary/aromatic N) is 1. The molecule has 2 fully saturated rings. The second-order valence-electron chi connectivity index (χ2n) is 5.98. The van der Waals surface area contributed by atoms with E-state index in [-0.39, 0.29) is 0 Å². The summed E-state index contributed by atoms with van der Waals surface area (Å²) in [7, 11) is 0. The van der Waals surface area contributed by atoms with Gasteiger partial charge in [0.05, 0.1) is 0 Å². The zero-order valence-corrected chi connectivity index (χ0v) is 11.2. The lowest BCUT2D eigenvalue weighted by molar-refractivity contribution is 0.110. The summed E-state index contributed by atoms with van der Waals surface area (Å²) in [4.78, 5) is 2.73. The molecule has 1 saturated heterocycles. The highest BCUT2D eigenvalue weighted by atomic mass is 15.2. The predicted octanol–water partition coefficient (Wildman–Crippen LogP) is 2.49. The van der Waals surface area contributed by atoms with Crippen LogP contribution in [0.2, 0.25) is 0 Å². The van der Waals surface area contributed by atoms with E-state index in [1.807, 2.05) is 0 Å². The maximum Gasteiger partial charge on any atom is 0.0193 e. The highest BCUT2D eigenvalue weighted by Gasteiger charge is 2.30. The number of nitrogens with one attached hydrogen (secondary N) is 1. The normalized spacial score (nSPS) is 41.4. The SMILES string of the molecule is CCC1CN(CC2CCCC2C)C(C)CN1. The van der Waals surface area contributed by atoms with Crippen LogP contribution in [0.1, 0.15) is 46.5 Å². The topological polar surface area (TPSA) is 15.3 Å². The van der Waals surface area contributed by atoms with Crippen molar-refractivity contribution in [2.45, 2.75) is 58.5 Å². The van der Waals surface area contributed by atoms with Gasteiger partial charge < -0.3 is 5.32 Å². The lowest BCUT2D eigenvalue weighted by Gasteiger charge is -2.40. The van der Waals surface area contributed by atoms with Gasteiger partial charge in [0, 0.05) is 31.7 Å². The summed E-state index contributed by atoms with van der Waals surface area (Å²) in [5, 5.41) is 3.64. The minimum Gasteiger partial charge on any atom is -0.311 e. The van der Waals surface area contributed by atoms with Crippen LogP contribution < -0.4 is 5.32 Å². The molecule has 1 N–H and O–H groups in total. The molecule has 16 heavy (non-hydrogen) atoms. The Morgan fingerprint density at radius 2 is 2.06 bits per heavy atom. The van der Waals surface area contributed by atoms with E-state index in [0.717, 1.165) is 23.9 Å². The molecule has 1 saturated carbocycles. The summed E-state index contributed by atoms with van der Waals surface area (Å²) >= 11 is 0. The zero-order chi connectivity index (χ0) is 11.5. The monoisotopic (exact) mass is 224 g/mol. The van der Waals surface area contributed by atoms with Crippen LogP contribution in [0.5, 0.6) is 0 Å². The van der Waals surface area contributed by atoms with Crippen molar-refractivity contribution in [2.75, 3.05) is 19.6 Å². The lowest BCUT2D eigenvalue weighted by atomic mass is 9.96. The summed E-state index contributed by atoms with van der Waals surface area (Å²) < 4.78 is 0. The van der Waals surface area contributed by atoms with Crippen molar-refractivity contribution in [3.05, 3.63) is 0 Å². The van der Waals surface area contributed by atoms with Gasteiger partial charge in [0.15, 0.2) is 0 Å². The van der Waals surface area contributed by atoms with Crippen molar-refractivity contribution in [3.63, 3.8) is 0 Å². The first-order valence-electron chi connectivity index (χ1n) is 7.18. The Morgan fingerprint density at radius 3 is 2.69 bits per heavy atom. The summed E-state index contributed by atoms with van der Waals surface area (Å²) in [6, 6.07) is 1.46.